The van der Waals surface area contributed by atoms with E-state index in [1.807, 2.05) is 0 Å². The molecule has 3 heteroatoms. The molecule has 0 amide bonds. The summed E-state index contributed by atoms with van der Waals surface area (Å²) in [6.45, 7) is 0. The van der Waals surface area contributed by atoms with Crippen LogP contribution in [0.15, 0.2) is 36.4 Å². The van der Waals surface area contributed by atoms with Crippen molar-refractivity contribution in [1.82, 2.24) is 0 Å². The number of phenols is 1. The zero-order chi connectivity index (χ0) is 11.3. The third-order valence-electron chi connectivity index (χ3n) is 2.77. The molecule has 0 spiro atoms. The van der Waals surface area contributed by atoms with Gasteiger partial charge in [-0.15, -0.1) is 5.75 Å². The Morgan fingerprint density at radius 3 is 2.25 bits per heavy atom. The Labute approximate surface area is 91.6 Å². The van der Waals surface area contributed by atoms with E-state index in [2.05, 4.69) is 0 Å². The molecule has 0 radical (unpaired) electrons. The Morgan fingerprint density at radius 2 is 1.50 bits per heavy atom. The number of carbonyl (C=O) groups excluding carboxylic acids is 1. The summed E-state index contributed by atoms with van der Waals surface area (Å²) >= 11 is 0. The summed E-state index contributed by atoms with van der Waals surface area (Å²) in [5.41, 5.74) is 2.42. The van der Waals surface area contributed by atoms with Crippen molar-refractivity contribution in [1.29, 1.82) is 0 Å². The third kappa shape index (κ3) is 1.05. The van der Waals surface area contributed by atoms with E-state index in [0.29, 0.717) is 11.1 Å². The van der Waals surface area contributed by atoms with Crippen LogP contribution in [0.2, 0.25) is 0 Å². The molecular weight excluding hydrogens is 204 g/mol. The highest BCUT2D eigenvalue weighted by Gasteiger charge is 2.26. The van der Waals surface area contributed by atoms with Crippen molar-refractivity contribution < 1.29 is 15.0 Å². The normalized spacial score (nSPS) is 12.4. The van der Waals surface area contributed by atoms with E-state index in [9.17, 15) is 15.0 Å². The van der Waals surface area contributed by atoms with Gasteiger partial charge in [0.1, 0.15) is 5.75 Å². The monoisotopic (exact) mass is 211 g/mol. The smallest absolute Gasteiger partial charge is 0.194 e. The standard InChI is InChI=1S/C13H8O3/c14-7-1-3-9-10-4-2-8(15)6-12(10)13(16)11(9)5-7/h1-6,14-15H/p-1. The Kier molecular flexibility index (Phi) is 1.60. The second kappa shape index (κ2) is 2.85. The highest BCUT2D eigenvalue weighted by Crippen LogP contribution is 2.38. The van der Waals surface area contributed by atoms with Gasteiger partial charge in [-0.05, 0) is 29.3 Å². The van der Waals surface area contributed by atoms with Gasteiger partial charge in [-0.2, -0.15) is 0 Å². The molecule has 0 bridgehead atoms. The fourth-order valence-electron chi connectivity index (χ4n) is 2.05. The van der Waals surface area contributed by atoms with E-state index in [1.54, 1.807) is 12.1 Å². The summed E-state index contributed by atoms with van der Waals surface area (Å²) in [4.78, 5) is 11.9. The van der Waals surface area contributed by atoms with E-state index >= 15 is 0 Å². The number of hydrogen-bond donors (Lipinski definition) is 1. The van der Waals surface area contributed by atoms with Crippen molar-refractivity contribution in [3.8, 4) is 22.6 Å². The number of fused-ring (bicyclic) bond motifs is 3. The zero-order valence-electron chi connectivity index (χ0n) is 8.23. The Balaban J connectivity index is 2.34. The van der Waals surface area contributed by atoms with Gasteiger partial charge in [-0.3, -0.25) is 4.79 Å². The molecule has 0 saturated heterocycles. The molecule has 16 heavy (non-hydrogen) atoms. The molecule has 1 aliphatic carbocycles. The summed E-state index contributed by atoms with van der Waals surface area (Å²) in [5.74, 6) is -0.315. The van der Waals surface area contributed by atoms with E-state index in [1.165, 1.54) is 24.3 Å². The number of aromatic hydroxyl groups is 1. The summed E-state index contributed by atoms with van der Waals surface area (Å²) in [7, 11) is 0. The lowest BCUT2D eigenvalue weighted by Gasteiger charge is -2.06. The van der Waals surface area contributed by atoms with Crippen molar-refractivity contribution in [2.24, 2.45) is 0 Å². The molecule has 3 rings (SSSR count). The van der Waals surface area contributed by atoms with Crippen LogP contribution < -0.4 is 5.11 Å². The first kappa shape index (κ1) is 8.97. The first-order valence-corrected chi connectivity index (χ1v) is 4.86. The Morgan fingerprint density at radius 1 is 0.875 bits per heavy atom. The number of benzene rings is 2. The fourth-order valence-corrected chi connectivity index (χ4v) is 2.05. The van der Waals surface area contributed by atoms with Gasteiger partial charge in [-0.1, -0.05) is 18.2 Å². The zero-order valence-corrected chi connectivity index (χ0v) is 8.23. The lowest BCUT2D eigenvalue weighted by atomic mass is 10.1. The molecule has 0 unspecified atom stereocenters. The van der Waals surface area contributed by atoms with Crippen LogP contribution in [0.1, 0.15) is 15.9 Å². The van der Waals surface area contributed by atoms with Crippen LogP contribution >= 0.6 is 0 Å². The maximum absolute atomic E-state index is 11.9. The SMILES string of the molecule is O=C1c2cc([O-])ccc2-c2ccc(O)cc21. The van der Waals surface area contributed by atoms with Gasteiger partial charge in [0.2, 0.25) is 0 Å². The summed E-state index contributed by atoms with van der Waals surface area (Å²) < 4.78 is 0. The molecule has 0 aliphatic heterocycles. The first-order valence-electron chi connectivity index (χ1n) is 4.86. The van der Waals surface area contributed by atoms with Gasteiger partial charge >= 0.3 is 0 Å². The van der Waals surface area contributed by atoms with Gasteiger partial charge in [0, 0.05) is 11.1 Å². The van der Waals surface area contributed by atoms with Crippen LogP contribution in [0.25, 0.3) is 11.1 Å². The molecule has 2 aromatic carbocycles. The molecule has 1 aliphatic rings. The number of phenolic OH excluding ortho intramolecular Hbond substituents is 1. The molecule has 78 valence electrons. The van der Waals surface area contributed by atoms with Crippen molar-refractivity contribution in [3.63, 3.8) is 0 Å². The molecule has 3 nitrogen and oxygen atoms in total. The second-order valence-electron chi connectivity index (χ2n) is 3.77. The topological polar surface area (TPSA) is 60.4 Å². The highest BCUT2D eigenvalue weighted by atomic mass is 16.3. The maximum Gasteiger partial charge on any atom is 0.194 e. The predicted octanol–water partition coefficient (Wildman–Crippen LogP) is 1.68. The second-order valence-corrected chi connectivity index (χ2v) is 3.77. The lowest BCUT2D eigenvalue weighted by Crippen LogP contribution is -1.97. The Hall–Kier alpha value is -2.29. The Bertz CT molecular complexity index is 561. The van der Waals surface area contributed by atoms with E-state index in [4.69, 9.17) is 0 Å². The van der Waals surface area contributed by atoms with Gasteiger partial charge in [0.25, 0.3) is 0 Å². The van der Waals surface area contributed by atoms with Gasteiger partial charge in [0.15, 0.2) is 5.78 Å². The van der Waals surface area contributed by atoms with Gasteiger partial charge < -0.3 is 10.2 Å². The highest BCUT2D eigenvalue weighted by molar-refractivity contribution is 6.22. The molecule has 1 N–H and O–H groups in total. The largest absolute Gasteiger partial charge is 0.872 e. The van der Waals surface area contributed by atoms with Crippen molar-refractivity contribution in [2.75, 3.05) is 0 Å². The number of rotatable bonds is 0. The number of hydrogen-bond acceptors (Lipinski definition) is 3. The van der Waals surface area contributed by atoms with Crippen LogP contribution in [-0.4, -0.2) is 10.9 Å². The fraction of sp³-hybridized carbons (Fsp3) is 0. The van der Waals surface area contributed by atoms with Gasteiger partial charge in [0.05, 0.1) is 0 Å². The number of ketones is 1. The molecule has 0 atom stereocenters. The minimum absolute atomic E-state index is 0.0576. The number of carbonyl (C=O) groups is 1. The summed E-state index contributed by atoms with van der Waals surface area (Å²) in [6.07, 6.45) is 0. The van der Waals surface area contributed by atoms with Crippen LogP contribution in [0, 0.1) is 0 Å². The molecule has 0 fully saturated rings. The average molecular weight is 211 g/mol. The van der Waals surface area contributed by atoms with Crippen LogP contribution in [0.5, 0.6) is 11.5 Å². The van der Waals surface area contributed by atoms with E-state index in [-0.39, 0.29) is 17.3 Å². The van der Waals surface area contributed by atoms with Crippen LogP contribution in [0.3, 0.4) is 0 Å². The average Bonchev–Trinajstić information content (AvgIpc) is 2.53. The summed E-state index contributed by atoms with van der Waals surface area (Å²) in [6, 6.07) is 9.09. The minimum atomic E-state index is -0.196. The predicted molar refractivity (Wildman–Crippen MR) is 56.4 cm³/mol. The van der Waals surface area contributed by atoms with Gasteiger partial charge in [-0.25, -0.2) is 0 Å². The molecule has 2 aromatic rings. The van der Waals surface area contributed by atoms with E-state index < -0.39 is 0 Å². The van der Waals surface area contributed by atoms with Crippen LogP contribution in [-0.2, 0) is 0 Å². The van der Waals surface area contributed by atoms with Crippen molar-refractivity contribution >= 4 is 5.78 Å². The maximum atomic E-state index is 11.9. The summed E-state index contributed by atoms with van der Waals surface area (Å²) in [5, 5.41) is 20.5. The third-order valence-corrected chi connectivity index (χ3v) is 2.77. The quantitative estimate of drug-likeness (QED) is 0.615. The first-order chi connectivity index (χ1) is 7.66. The van der Waals surface area contributed by atoms with Crippen molar-refractivity contribution in [2.45, 2.75) is 0 Å². The molecular formula is C13H7O3-. The lowest BCUT2D eigenvalue weighted by molar-refractivity contribution is -0.268. The van der Waals surface area contributed by atoms with E-state index in [0.717, 1.165) is 11.1 Å². The molecule has 0 aromatic heterocycles. The minimum Gasteiger partial charge on any atom is -0.872 e. The van der Waals surface area contributed by atoms with Crippen molar-refractivity contribution in [3.05, 3.63) is 47.5 Å². The molecule has 0 heterocycles. The van der Waals surface area contributed by atoms with Crippen LogP contribution in [0.4, 0.5) is 0 Å². The molecule has 0 saturated carbocycles.